The van der Waals surface area contributed by atoms with E-state index in [2.05, 4.69) is 27.7 Å². The van der Waals surface area contributed by atoms with Gasteiger partial charge in [0.1, 0.15) is 0 Å². The Balaban J connectivity index is 2.10. The molecule has 0 bridgehead atoms. The first kappa shape index (κ1) is 13.8. The lowest BCUT2D eigenvalue weighted by atomic mass is 9.45. The molecule has 0 radical (unpaired) electrons. The minimum atomic E-state index is -0.186. The summed E-state index contributed by atoms with van der Waals surface area (Å²) in [5.74, 6) is 0.944. The lowest BCUT2D eigenvalue weighted by Crippen LogP contribution is -2.58. The van der Waals surface area contributed by atoms with Crippen LogP contribution in [0, 0.1) is 28.1 Å². The van der Waals surface area contributed by atoms with E-state index in [9.17, 15) is 5.11 Å². The van der Waals surface area contributed by atoms with Gasteiger partial charge >= 0.3 is 0 Å². The minimum Gasteiger partial charge on any atom is -0.393 e. The molecule has 1 heterocycles. The molecule has 2 aliphatic carbocycles. The summed E-state index contributed by atoms with van der Waals surface area (Å²) in [6.07, 6.45) is 2.80. The predicted octanol–water partition coefficient (Wildman–Crippen LogP) is 2.82. The molecule has 1 N–H and O–H groups in total. The van der Waals surface area contributed by atoms with Crippen LogP contribution in [-0.4, -0.2) is 31.2 Å². The zero-order valence-corrected chi connectivity index (χ0v) is 12.9. The van der Waals surface area contributed by atoms with Gasteiger partial charge in [0, 0.05) is 18.4 Å². The summed E-state index contributed by atoms with van der Waals surface area (Å²) in [6, 6.07) is 0. The molecule has 0 aromatic heterocycles. The fraction of sp³-hybridized carbons (Fsp3) is 1.00. The van der Waals surface area contributed by atoms with Crippen molar-refractivity contribution in [3.63, 3.8) is 0 Å². The number of ether oxygens (including phenoxy) is 2. The molecule has 3 nitrogen and oxygen atoms in total. The van der Waals surface area contributed by atoms with Gasteiger partial charge in [-0.15, -0.1) is 0 Å². The Morgan fingerprint density at radius 2 is 1.89 bits per heavy atom. The number of fused-ring (bicyclic) bond motifs is 3. The summed E-state index contributed by atoms with van der Waals surface area (Å²) in [6.45, 7) is 10.2. The fourth-order valence-corrected chi connectivity index (χ4v) is 5.71. The molecule has 3 fully saturated rings. The van der Waals surface area contributed by atoms with Gasteiger partial charge in [0.25, 0.3) is 0 Å². The molecule has 0 aromatic rings. The highest BCUT2D eigenvalue weighted by Crippen LogP contribution is 2.73. The SMILES string of the molecule is CO[C@H]1OC[C@@H]2C[C@@]3(C)[C@H](O)CCC(C)(C)[C@@]3(C)[C@@H]21. The van der Waals surface area contributed by atoms with Crippen LogP contribution in [-0.2, 0) is 9.47 Å². The van der Waals surface area contributed by atoms with Crippen LogP contribution in [0.1, 0.15) is 47.0 Å². The van der Waals surface area contributed by atoms with Crippen LogP contribution in [0.25, 0.3) is 0 Å². The molecule has 2 saturated carbocycles. The number of methoxy groups -OCH3 is 1. The van der Waals surface area contributed by atoms with Crippen molar-refractivity contribution in [2.75, 3.05) is 13.7 Å². The zero-order valence-electron chi connectivity index (χ0n) is 12.9. The van der Waals surface area contributed by atoms with Gasteiger partial charge < -0.3 is 14.6 Å². The molecular formula is C16H28O3. The Hall–Kier alpha value is -0.120. The van der Waals surface area contributed by atoms with Crippen LogP contribution in [0.4, 0.5) is 0 Å². The van der Waals surface area contributed by atoms with Crippen LogP contribution in [0.2, 0.25) is 0 Å². The second kappa shape index (κ2) is 3.96. The van der Waals surface area contributed by atoms with Crippen LogP contribution in [0.15, 0.2) is 0 Å². The third-order valence-corrected chi connectivity index (χ3v) is 7.23. The largest absolute Gasteiger partial charge is 0.393 e. The van der Waals surface area contributed by atoms with E-state index in [1.807, 2.05) is 0 Å². The smallest absolute Gasteiger partial charge is 0.160 e. The molecule has 1 saturated heterocycles. The number of rotatable bonds is 1. The second-order valence-corrected chi connectivity index (χ2v) is 7.99. The number of hydrogen-bond donors (Lipinski definition) is 1. The van der Waals surface area contributed by atoms with Gasteiger partial charge in [0.05, 0.1) is 12.7 Å². The summed E-state index contributed by atoms with van der Waals surface area (Å²) in [5, 5.41) is 10.7. The maximum Gasteiger partial charge on any atom is 0.160 e. The first-order chi connectivity index (χ1) is 8.78. The molecule has 110 valence electrons. The molecule has 3 aliphatic rings. The molecule has 0 unspecified atom stereocenters. The fourth-order valence-electron chi connectivity index (χ4n) is 5.71. The van der Waals surface area contributed by atoms with Gasteiger partial charge in [-0.1, -0.05) is 27.7 Å². The Morgan fingerprint density at radius 3 is 2.53 bits per heavy atom. The van der Waals surface area contributed by atoms with E-state index in [1.165, 1.54) is 0 Å². The first-order valence-electron chi connectivity index (χ1n) is 7.60. The van der Waals surface area contributed by atoms with Gasteiger partial charge in [-0.3, -0.25) is 0 Å². The van der Waals surface area contributed by atoms with Crippen molar-refractivity contribution in [3.8, 4) is 0 Å². The maximum atomic E-state index is 10.7. The molecule has 0 amide bonds. The lowest BCUT2D eigenvalue weighted by Gasteiger charge is -2.60. The quantitative estimate of drug-likeness (QED) is 0.795. The predicted molar refractivity (Wildman–Crippen MR) is 73.6 cm³/mol. The van der Waals surface area contributed by atoms with Gasteiger partial charge in [0.15, 0.2) is 6.29 Å². The lowest BCUT2D eigenvalue weighted by molar-refractivity contribution is -0.210. The van der Waals surface area contributed by atoms with E-state index in [1.54, 1.807) is 7.11 Å². The van der Waals surface area contributed by atoms with Crippen molar-refractivity contribution >= 4 is 0 Å². The highest BCUT2D eigenvalue weighted by molar-refractivity contribution is 5.18. The Morgan fingerprint density at radius 1 is 1.21 bits per heavy atom. The molecule has 6 atom stereocenters. The summed E-state index contributed by atoms with van der Waals surface area (Å²) in [5.41, 5.74) is 0.273. The maximum absolute atomic E-state index is 10.7. The van der Waals surface area contributed by atoms with Gasteiger partial charge in [-0.2, -0.15) is 0 Å². The van der Waals surface area contributed by atoms with Gasteiger partial charge in [0.2, 0.25) is 0 Å². The normalized spacial score (nSPS) is 55.9. The van der Waals surface area contributed by atoms with Gasteiger partial charge in [-0.25, -0.2) is 0 Å². The molecule has 1 aliphatic heterocycles. The van der Waals surface area contributed by atoms with Crippen LogP contribution in [0.5, 0.6) is 0 Å². The Bertz CT molecular complexity index is 380. The van der Waals surface area contributed by atoms with Crippen molar-refractivity contribution in [3.05, 3.63) is 0 Å². The zero-order chi connectivity index (χ0) is 14.1. The van der Waals surface area contributed by atoms with E-state index >= 15 is 0 Å². The molecule has 3 rings (SSSR count). The van der Waals surface area contributed by atoms with Crippen molar-refractivity contribution in [1.82, 2.24) is 0 Å². The molecule has 3 heteroatoms. The number of aliphatic hydroxyl groups excluding tert-OH is 1. The van der Waals surface area contributed by atoms with E-state index in [4.69, 9.17) is 9.47 Å². The summed E-state index contributed by atoms with van der Waals surface area (Å²) < 4.78 is 11.5. The van der Waals surface area contributed by atoms with Crippen LogP contribution >= 0.6 is 0 Å². The minimum absolute atomic E-state index is 0.00928. The van der Waals surface area contributed by atoms with Gasteiger partial charge in [-0.05, 0) is 36.0 Å². The van der Waals surface area contributed by atoms with Crippen molar-refractivity contribution < 1.29 is 14.6 Å². The Kier molecular flexibility index (Phi) is 2.88. The second-order valence-electron chi connectivity index (χ2n) is 7.99. The average molecular weight is 268 g/mol. The van der Waals surface area contributed by atoms with Crippen LogP contribution in [0.3, 0.4) is 0 Å². The number of aliphatic hydroxyl groups is 1. The summed E-state index contributed by atoms with van der Waals surface area (Å²) in [4.78, 5) is 0. The summed E-state index contributed by atoms with van der Waals surface area (Å²) >= 11 is 0. The highest BCUT2D eigenvalue weighted by Gasteiger charge is 2.71. The van der Waals surface area contributed by atoms with Crippen molar-refractivity contribution in [1.29, 1.82) is 0 Å². The average Bonchev–Trinajstić information content (AvgIpc) is 2.84. The molecule has 0 spiro atoms. The third-order valence-electron chi connectivity index (χ3n) is 7.23. The topological polar surface area (TPSA) is 38.7 Å². The summed E-state index contributed by atoms with van der Waals surface area (Å²) in [7, 11) is 1.75. The standard InChI is InChI=1S/C16H28O3/c1-14(2)7-6-11(17)15(3)8-10-9-19-13(18-5)12(10)16(14,15)4/h10-13,17H,6-9H2,1-5H3/t10-,11+,12-,13-,15-,16+/m0/s1. The van der Waals surface area contributed by atoms with E-state index in [-0.39, 0.29) is 28.6 Å². The molecular weight excluding hydrogens is 240 g/mol. The van der Waals surface area contributed by atoms with E-state index < -0.39 is 0 Å². The van der Waals surface area contributed by atoms with Crippen molar-refractivity contribution in [2.45, 2.75) is 59.4 Å². The number of hydrogen-bond acceptors (Lipinski definition) is 3. The van der Waals surface area contributed by atoms with E-state index in [0.717, 1.165) is 25.9 Å². The first-order valence-corrected chi connectivity index (χ1v) is 7.60. The van der Waals surface area contributed by atoms with Crippen LogP contribution < -0.4 is 0 Å². The molecule has 0 aromatic carbocycles. The Labute approximate surface area is 116 Å². The monoisotopic (exact) mass is 268 g/mol. The molecule has 19 heavy (non-hydrogen) atoms. The van der Waals surface area contributed by atoms with E-state index in [0.29, 0.717) is 11.8 Å². The highest BCUT2D eigenvalue weighted by atomic mass is 16.7. The third kappa shape index (κ3) is 1.44. The van der Waals surface area contributed by atoms with Crippen molar-refractivity contribution in [2.24, 2.45) is 28.1 Å².